The third kappa shape index (κ3) is 8.04. The van der Waals surface area contributed by atoms with Crippen LogP contribution < -0.4 is 15.5 Å². The summed E-state index contributed by atoms with van der Waals surface area (Å²) in [5, 5.41) is 10.1. The van der Waals surface area contributed by atoms with Gasteiger partial charge in [-0.05, 0) is 86.2 Å². The summed E-state index contributed by atoms with van der Waals surface area (Å²) in [5.41, 5.74) is 3.72. The highest BCUT2D eigenvalue weighted by molar-refractivity contribution is 7.89. The van der Waals surface area contributed by atoms with Crippen LogP contribution >= 0.6 is 0 Å². The van der Waals surface area contributed by atoms with E-state index in [0.717, 1.165) is 31.2 Å². The zero-order valence-corrected chi connectivity index (χ0v) is 37.2. The van der Waals surface area contributed by atoms with Crippen LogP contribution in [0.5, 0.6) is 0 Å². The number of anilines is 3. The Morgan fingerprint density at radius 2 is 1.52 bits per heavy atom. The number of fused-ring (bicyclic) bond motifs is 4. The lowest BCUT2D eigenvalue weighted by atomic mass is 9.98. The second-order valence-electron chi connectivity index (χ2n) is 16.9. The fourth-order valence-electron chi connectivity index (χ4n) is 9.36. The lowest BCUT2D eigenvalue weighted by Crippen LogP contribution is -2.44. The number of benzene rings is 4. The second kappa shape index (κ2) is 17.6. The number of sulfonamides is 1. The maximum absolute atomic E-state index is 14.6. The van der Waals surface area contributed by atoms with E-state index in [-0.39, 0.29) is 54.0 Å². The van der Waals surface area contributed by atoms with Crippen LogP contribution in [0.25, 0.3) is 11.1 Å². The molecule has 9 rings (SSSR count). The van der Waals surface area contributed by atoms with E-state index >= 15 is 0 Å². The molecule has 0 radical (unpaired) electrons. The van der Waals surface area contributed by atoms with Crippen LogP contribution in [0.3, 0.4) is 0 Å². The molecule has 2 saturated heterocycles. The minimum Gasteiger partial charge on any atom is -0.448 e. The van der Waals surface area contributed by atoms with Crippen molar-refractivity contribution in [3.05, 3.63) is 125 Å². The van der Waals surface area contributed by atoms with Gasteiger partial charge in [-0.3, -0.25) is 14.5 Å². The average molecular weight is 924 g/mol. The van der Waals surface area contributed by atoms with Gasteiger partial charge in [0.15, 0.2) is 0 Å². The van der Waals surface area contributed by atoms with Crippen molar-refractivity contribution in [2.24, 2.45) is 0 Å². The monoisotopic (exact) mass is 923 g/mol. The van der Waals surface area contributed by atoms with E-state index in [2.05, 4.69) is 15.7 Å². The van der Waals surface area contributed by atoms with Gasteiger partial charge in [-0.2, -0.15) is 9.40 Å². The van der Waals surface area contributed by atoms with Gasteiger partial charge in [-0.25, -0.2) is 26.8 Å². The molecule has 0 unspecified atom stereocenters. The van der Waals surface area contributed by atoms with Crippen LogP contribution in [0, 0.1) is 11.6 Å². The molecular formula is C47H47F2N7O9S. The van der Waals surface area contributed by atoms with Crippen molar-refractivity contribution in [1.29, 1.82) is 0 Å². The Morgan fingerprint density at radius 1 is 0.848 bits per heavy atom. The zero-order valence-electron chi connectivity index (χ0n) is 36.4. The van der Waals surface area contributed by atoms with Crippen molar-refractivity contribution in [1.82, 2.24) is 19.0 Å². The number of nitrogens with one attached hydrogen (secondary N) is 2. The van der Waals surface area contributed by atoms with Crippen LogP contribution in [0.15, 0.2) is 89.8 Å². The standard InChI is InChI=1S/C47H47F2N7O9S/c1-4-64-46(60)56-42(37-26-55(47(2,3)41(37)52-56)66(61,62)31-23-28(48)22-29(49)24-31)51-43(57)36-16-15-30(53-18-20-63-21-19-53)25-39(36)50-44(58)40-14-9-17-54(40)45(59)65-27-38-34-12-7-5-10-32(34)33-11-6-8-13-35(33)38/h5-8,10-13,15-16,22-25,38,40H,4,9,14,17-21,26-27H2,1-3H3,(H,50,58)(H,51,57)/t40-/m0/s1. The van der Waals surface area contributed by atoms with Crippen LogP contribution in [0.4, 0.5) is 35.6 Å². The largest absolute Gasteiger partial charge is 0.448 e. The summed E-state index contributed by atoms with van der Waals surface area (Å²) in [6, 6.07) is 21.9. The van der Waals surface area contributed by atoms with Crippen LogP contribution in [-0.2, 0) is 41.1 Å². The molecule has 1 atom stereocenters. The molecule has 1 aromatic heterocycles. The Bertz CT molecular complexity index is 2820. The summed E-state index contributed by atoms with van der Waals surface area (Å²) in [4.78, 5) is 58.8. The molecule has 3 aliphatic heterocycles. The number of ether oxygens (including phenoxy) is 3. The molecule has 3 amide bonds. The molecule has 4 heterocycles. The quantitative estimate of drug-likeness (QED) is 0.147. The molecule has 19 heteroatoms. The molecule has 0 saturated carbocycles. The summed E-state index contributed by atoms with van der Waals surface area (Å²) in [6.07, 6.45) is -0.741. The molecule has 4 aliphatic rings. The van der Waals surface area contributed by atoms with Gasteiger partial charge >= 0.3 is 12.2 Å². The number of hydrogen-bond donors (Lipinski definition) is 2. The van der Waals surface area contributed by atoms with E-state index in [0.29, 0.717) is 63.0 Å². The van der Waals surface area contributed by atoms with Gasteiger partial charge in [-0.1, -0.05) is 48.5 Å². The first-order valence-electron chi connectivity index (χ1n) is 21.7. The number of carbonyl (C=O) groups is 4. The fraction of sp³-hybridized carbons (Fsp3) is 0.340. The number of hydrogen-bond acceptors (Lipinski definition) is 11. The summed E-state index contributed by atoms with van der Waals surface area (Å²) < 4.78 is 75.0. The Hall–Kier alpha value is -6.70. The molecule has 2 N–H and O–H groups in total. The van der Waals surface area contributed by atoms with Crippen molar-refractivity contribution < 1.29 is 50.6 Å². The van der Waals surface area contributed by atoms with Gasteiger partial charge in [0.2, 0.25) is 15.9 Å². The van der Waals surface area contributed by atoms with E-state index in [9.17, 15) is 36.4 Å². The lowest BCUT2D eigenvalue weighted by molar-refractivity contribution is -0.120. The van der Waals surface area contributed by atoms with E-state index in [1.807, 2.05) is 53.4 Å². The van der Waals surface area contributed by atoms with Crippen molar-refractivity contribution in [2.45, 2.75) is 62.6 Å². The third-order valence-electron chi connectivity index (χ3n) is 12.6. The average Bonchev–Trinajstić information content (AvgIpc) is 4.07. The van der Waals surface area contributed by atoms with E-state index in [1.54, 1.807) is 19.1 Å². The zero-order chi connectivity index (χ0) is 46.5. The summed E-state index contributed by atoms with van der Waals surface area (Å²) >= 11 is 0. The summed E-state index contributed by atoms with van der Waals surface area (Å²) in [5.74, 6) is -3.94. The molecule has 4 aromatic carbocycles. The first-order valence-corrected chi connectivity index (χ1v) is 23.1. The highest BCUT2D eigenvalue weighted by Crippen LogP contribution is 2.46. The molecule has 16 nitrogen and oxygen atoms in total. The number of rotatable bonds is 10. The number of amides is 3. The predicted octanol–water partition coefficient (Wildman–Crippen LogP) is 7.05. The Balaban J connectivity index is 0.992. The van der Waals surface area contributed by atoms with Gasteiger partial charge in [0.05, 0.1) is 47.2 Å². The highest BCUT2D eigenvalue weighted by atomic mass is 32.2. The smallest absolute Gasteiger partial charge is 0.436 e. The van der Waals surface area contributed by atoms with E-state index in [4.69, 9.17) is 14.2 Å². The Labute approximate surface area is 379 Å². The SMILES string of the molecule is CCOC(=O)n1nc2c(c1NC(=O)c1ccc(N3CCOCC3)cc1NC(=O)[C@@H]1CCCN1C(=O)OCC1c3ccccc3-c3ccccc31)CN(S(=O)(=O)c1cc(F)cc(F)c1)C2(C)C. The Kier molecular flexibility index (Phi) is 11.9. The maximum Gasteiger partial charge on any atom is 0.436 e. The van der Waals surface area contributed by atoms with Gasteiger partial charge in [0, 0.05) is 49.4 Å². The lowest BCUT2D eigenvalue weighted by Gasteiger charge is -2.30. The van der Waals surface area contributed by atoms with E-state index < -0.39 is 68.7 Å². The van der Waals surface area contributed by atoms with E-state index in [1.165, 1.54) is 24.8 Å². The summed E-state index contributed by atoms with van der Waals surface area (Å²) in [6.45, 7) is 6.43. The second-order valence-corrected chi connectivity index (χ2v) is 18.8. The minimum atomic E-state index is -4.58. The first-order chi connectivity index (χ1) is 31.7. The molecule has 0 bridgehead atoms. The number of aromatic nitrogens is 2. The molecule has 2 fully saturated rings. The molecule has 1 aliphatic carbocycles. The van der Waals surface area contributed by atoms with Crippen molar-refractivity contribution in [2.75, 3.05) is 61.6 Å². The van der Waals surface area contributed by atoms with Crippen LogP contribution in [0.1, 0.15) is 72.3 Å². The number of morpholine rings is 1. The van der Waals surface area contributed by atoms with Crippen LogP contribution in [-0.4, -0.2) is 104 Å². The van der Waals surface area contributed by atoms with Gasteiger partial charge in [-0.15, -0.1) is 4.68 Å². The molecule has 0 spiro atoms. The number of nitrogens with zero attached hydrogens (tertiary/aromatic N) is 5. The molecular weight excluding hydrogens is 877 g/mol. The van der Waals surface area contributed by atoms with Gasteiger partial charge in [0.1, 0.15) is 30.1 Å². The van der Waals surface area contributed by atoms with Gasteiger partial charge in [0.25, 0.3) is 5.91 Å². The van der Waals surface area contributed by atoms with Crippen molar-refractivity contribution >= 4 is 51.2 Å². The normalized spacial score (nSPS) is 17.8. The summed E-state index contributed by atoms with van der Waals surface area (Å²) in [7, 11) is -4.58. The minimum absolute atomic E-state index is 0.0339. The maximum atomic E-state index is 14.6. The van der Waals surface area contributed by atoms with Gasteiger partial charge < -0.3 is 29.7 Å². The number of likely N-dealkylation sites (tertiary alicyclic amines) is 1. The number of carbonyl (C=O) groups excluding carboxylic acids is 4. The Morgan fingerprint density at radius 3 is 2.18 bits per heavy atom. The topological polar surface area (TPSA) is 182 Å². The highest BCUT2D eigenvalue weighted by Gasteiger charge is 2.50. The predicted molar refractivity (Wildman–Crippen MR) is 238 cm³/mol. The number of halogens is 2. The molecule has 5 aromatic rings. The van der Waals surface area contributed by atoms with Crippen molar-refractivity contribution in [3.8, 4) is 11.1 Å². The van der Waals surface area contributed by atoms with Crippen molar-refractivity contribution in [3.63, 3.8) is 0 Å². The third-order valence-corrected chi connectivity index (χ3v) is 14.6. The first kappa shape index (κ1) is 44.5. The van der Waals surface area contributed by atoms with Crippen LogP contribution in [0.2, 0.25) is 0 Å². The fourth-order valence-corrected chi connectivity index (χ4v) is 11.1. The molecule has 344 valence electrons. The molecule has 66 heavy (non-hydrogen) atoms.